The summed E-state index contributed by atoms with van der Waals surface area (Å²) >= 11 is 5.59. The summed E-state index contributed by atoms with van der Waals surface area (Å²) in [6.45, 7) is 0. The van der Waals surface area contributed by atoms with Crippen LogP contribution in [0.4, 0.5) is 0 Å². The zero-order chi connectivity index (χ0) is 7.89. The molecule has 1 rings (SSSR count). The fourth-order valence-electron chi connectivity index (χ4n) is 0.405. The van der Waals surface area contributed by atoms with Crippen molar-refractivity contribution < 1.29 is 5.48 Å². The van der Waals surface area contributed by atoms with Gasteiger partial charge in [-0.15, -0.1) is 11.6 Å². The molecule has 6 heavy (non-hydrogen) atoms. The van der Waals surface area contributed by atoms with Gasteiger partial charge in [-0.2, -0.15) is 0 Å². The molecule has 0 aromatic rings. The summed E-state index contributed by atoms with van der Waals surface area (Å²) in [5.74, 6) is 0. The summed E-state index contributed by atoms with van der Waals surface area (Å²) in [5, 5.41) is -0.634. The van der Waals surface area contributed by atoms with Crippen LogP contribution in [0.25, 0.3) is 0 Å². The van der Waals surface area contributed by atoms with Crippen LogP contribution in [-0.2, 0) is 0 Å². The van der Waals surface area contributed by atoms with Gasteiger partial charge >= 0.3 is 0 Å². The first-order chi connectivity index (χ1) is 4.55. The molecule has 0 aliphatic heterocycles. The van der Waals surface area contributed by atoms with Crippen LogP contribution in [0, 0.1) is 0 Å². The third-order valence-corrected chi connectivity index (χ3v) is 0.992. The zero-order valence-electron chi connectivity index (χ0n) is 7.26. The Hall–Kier alpha value is 0.290. The SMILES string of the molecule is [2H]C1C([2H])C([2H])C(Cl)C1[2H]. The van der Waals surface area contributed by atoms with Crippen LogP contribution in [0.15, 0.2) is 0 Å². The fourth-order valence-corrected chi connectivity index (χ4v) is 0.573. The average molecular weight is 109 g/mol. The molecule has 4 unspecified atom stereocenters. The van der Waals surface area contributed by atoms with Gasteiger partial charge in [0.1, 0.15) is 0 Å². The largest absolute Gasteiger partial charge is 0.123 e. The van der Waals surface area contributed by atoms with Crippen molar-refractivity contribution in [3.8, 4) is 0 Å². The van der Waals surface area contributed by atoms with E-state index in [1.165, 1.54) is 0 Å². The molecule has 0 aromatic carbocycles. The van der Waals surface area contributed by atoms with Crippen molar-refractivity contribution in [2.45, 2.75) is 31.0 Å². The highest BCUT2D eigenvalue weighted by Gasteiger charge is 2.09. The molecule has 0 heterocycles. The summed E-state index contributed by atoms with van der Waals surface area (Å²) in [5.41, 5.74) is 0. The molecule has 0 spiro atoms. The van der Waals surface area contributed by atoms with E-state index in [1.54, 1.807) is 0 Å². The van der Waals surface area contributed by atoms with Crippen molar-refractivity contribution in [2.75, 3.05) is 0 Å². The second-order valence-corrected chi connectivity index (χ2v) is 1.72. The molecule has 0 bridgehead atoms. The second-order valence-electron chi connectivity index (χ2n) is 1.21. The monoisotopic (exact) mass is 108 g/mol. The summed E-state index contributed by atoms with van der Waals surface area (Å²) in [7, 11) is 0. The Kier molecular flexibility index (Phi) is 0.508. The topological polar surface area (TPSA) is 0 Å². The highest BCUT2D eigenvalue weighted by Crippen LogP contribution is 2.22. The molecule has 0 radical (unpaired) electrons. The summed E-state index contributed by atoms with van der Waals surface area (Å²) < 4.78 is 28.9. The van der Waals surface area contributed by atoms with Crippen LogP contribution in [0.2, 0.25) is 0 Å². The van der Waals surface area contributed by atoms with Crippen molar-refractivity contribution in [3.63, 3.8) is 0 Å². The molecule has 0 N–H and O–H groups in total. The number of rotatable bonds is 0. The molecule has 0 amide bonds. The van der Waals surface area contributed by atoms with Crippen molar-refractivity contribution in [1.82, 2.24) is 0 Å². The van der Waals surface area contributed by atoms with Crippen molar-refractivity contribution in [1.29, 1.82) is 0 Å². The van der Waals surface area contributed by atoms with E-state index >= 15 is 0 Å². The number of hydrogen-bond donors (Lipinski definition) is 0. The molecular formula is C5H9Cl. The summed E-state index contributed by atoms with van der Waals surface area (Å²) in [6.07, 6.45) is -3.12. The van der Waals surface area contributed by atoms with E-state index in [2.05, 4.69) is 0 Å². The van der Waals surface area contributed by atoms with Crippen LogP contribution in [0.1, 0.15) is 31.1 Å². The Labute approximate surface area is 49.1 Å². The van der Waals surface area contributed by atoms with Crippen LogP contribution in [-0.4, -0.2) is 5.38 Å². The lowest BCUT2D eigenvalue weighted by molar-refractivity contribution is 0.886. The lowest BCUT2D eigenvalue weighted by Crippen LogP contribution is -1.83. The number of alkyl halides is 1. The van der Waals surface area contributed by atoms with E-state index in [1.807, 2.05) is 0 Å². The lowest BCUT2D eigenvalue weighted by atomic mass is 10.4. The van der Waals surface area contributed by atoms with E-state index in [4.69, 9.17) is 17.1 Å². The Balaban J connectivity index is 2.68. The van der Waals surface area contributed by atoms with Gasteiger partial charge in [0, 0.05) is 10.9 Å². The average Bonchev–Trinajstić information content (AvgIpc) is 2.07. The zero-order valence-corrected chi connectivity index (χ0v) is 4.02. The van der Waals surface area contributed by atoms with Gasteiger partial charge < -0.3 is 0 Å². The summed E-state index contributed by atoms with van der Waals surface area (Å²) in [4.78, 5) is 0. The van der Waals surface area contributed by atoms with Gasteiger partial charge in [0.15, 0.2) is 0 Å². The Morgan fingerprint density at radius 1 is 1.50 bits per heavy atom. The normalized spacial score (nSPS) is 93.2. The van der Waals surface area contributed by atoms with Crippen molar-refractivity contribution in [3.05, 3.63) is 0 Å². The molecule has 0 aromatic heterocycles. The Bertz CT molecular complexity index is 86.0. The van der Waals surface area contributed by atoms with Crippen LogP contribution in [0.5, 0.6) is 0 Å². The van der Waals surface area contributed by atoms with E-state index in [0.29, 0.717) is 0 Å². The second kappa shape index (κ2) is 1.83. The molecule has 1 heteroatoms. The van der Waals surface area contributed by atoms with Crippen molar-refractivity contribution in [2.24, 2.45) is 0 Å². The van der Waals surface area contributed by atoms with E-state index in [0.717, 1.165) is 0 Å². The first-order valence-corrected chi connectivity index (χ1v) is 2.32. The van der Waals surface area contributed by atoms with Gasteiger partial charge in [0.25, 0.3) is 0 Å². The van der Waals surface area contributed by atoms with Crippen molar-refractivity contribution >= 4 is 11.6 Å². The first-order valence-electron chi connectivity index (χ1n) is 4.19. The summed E-state index contributed by atoms with van der Waals surface area (Å²) in [6, 6.07) is 0. The predicted molar refractivity (Wildman–Crippen MR) is 28.1 cm³/mol. The maximum atomic E-state index is 7.25. The third kappa shape index (κ3) is 0.874. The molecule has 1 fully saturated rings. The van der Waals surface area contributed by atoms with E-state index < -0.39 is 31.0 Å². The van der Waals surface area contributed by atoms with Gasteiger partial charge in [-0.05, 0) is 12.8 Å². The maximum absolute atomic E-state index is 7.25. The van der Waals surface area contributed by atoms with Crippen LogP contribution >= 0.6 is 11.6 Å². The van der Waals surface area contributed by atoms with Gasteiger partial charge in [-0.3, -0.25) is 0 Å². The standard InChI is InChI=1S/C5H9Cl/c6-5-3-1-2-4-5/h5H,1-4H2/i1D,2D,3D,4D. The predicted octanol–water partition coefficient (Wildman–Crippen LogP) is 2.17. The van der Waals surface area contributed by atoms with Gasteiger partial charge in [0.05, 0.1) is 0 Å². The maximum Gasteiger partial charge on any atom is 0.0336 e. The fraction of sp³-hybridized carbons (Fsp3) is 1.00. The minimum absolute atomic E-state index is 0.634. The molecule has 0 nitrogen and oxygen atoms in total. The molecule has 36 valence electrons. The lowest BCUT2D eigenvalue weighted by Gasteiger charge is -1.88. The Morgan fingerprint density at radius 2 is 2.00 bits per heavy atom. The minimum Gasteiger partial charge on any atom is -0.123 e. The molecule has 1 aliphatic carbocycles. The first kappa shape index (κ1) is 1.66. The van der Waals surface area contributed by atoms with Gasteiger partial charge in [0.2, 0.25) is 0 Å². The van der Waals surface area contributed by atoms with Gasteiger partial charge in [-0.1, -0.05) is 12.8 Å². The molecule has 0 saturated heterocycles. The van der Waals surface area contributed by atoms with Gasteiger partial charge in [-0.25, -0.2) is 0 Å². The van der Waals surface area contributed by atoms with Crippen LogP contribution in [0.3, 0.4) is 0 Å². The van der Waals surface area contributed by atoms with E-state index in [-0.39, 0.29) is 0 Å². The third-order valence-electron chi connectivity index (χ3n) is 0.701. The van der Waals surface area contributed by atoms with E-state index in [9.17, 15) is 0 Å². The quantitative estimate of drug-likeness (QED) is 0.417. The highest BCUT2D eigenvalue weighted by molar-refractivity contribution is 6.20. The Morgan fingerprint density at radius 3 is 2.17 bits per heavy atom. The van der Waals surface area contributed by atoms with Crippen LogP contribution < -0.4 is 0 Å². The minimum atomic E-state index is -0.801. The molecular weight excluding hydrogens is 95.5 g/mol. The smallest absolute Gasteiger partial charge is 0.0336 e. The molecule has 1 saturated carbocycles. The molecule has 1 aliphatic rings. The highest BCUT2D eigenvalue weighted by atomic mass is 35.5. The molecule has 4 atom stereocenters. The number of halogens is 1. The number of hydrogen-bond acceptors (Lipinski definition) is 0.